The molecule has 6 heteroatoms. The van der Waals surface area contributed by atoms with Crippen LogP contribution in [0.3, 0.4) is 0 Å². The average molecular weight is 228 g/mol. The summed E-state index contributed by atoms with van der Waals surface area (Å²) in [6.07, 6.45) is 0.191. The van der Waals surface area contributed by atoms with Gasteiger partial charge in [-0.05, 0) is 6.92 Å². The average Bonchev–Trinajstić information content (AvgIpc) is 2.57. The Labute approximate surface area is 93.8 Å². The van der Waals surface area contributed by atoms with Crippen molar-refractivity contribution in [1.82, 2.24) is 9.80 Å². The van der Waals surface area contributed by atoms with Gasteiger partial charge >= 0.3 is 5.97 Å². The topological polar surface area (TPSA) is 77.9 Å². The Kier molecular flexibility index (Phi) is 3.87. The lowest BCUT2D eigenvalue weighted by Gasteiger charge is -2.19. The number of hydrogen-bond acceptors (Lipinski definition) is 3. The highest BCUT2D eigenvalue weighted by Gasteiger charge is 2.35. The normalized spacial score (nSPS) is 20.0. The molecule has 1 aliphatic rings. The number of aliphatic carboxylic acids is 1. The van der Waals surface area contributed by atoms with E-state index in [1.54, 1.807) is 4.90 Å². The minimum atomic E-state index is -1.05. The summed E-state index contributed by atoms with van der Waals surface area (Å²) < 4.78 is 0. The monoisotopic (exact) mass is 228 g/mol. The minimum Gasteiger partial charge on any atom is -0.480 e. The highest BCUT2D eigenvalue weighted by Crippen LogP contribution is 2.19. The summed E-state index contributed by atoms with van der Waals surface area (Å²) in [5, 5.41) is 8.55. The second-order valence-corrected chi connectivity index (χ2v) is 3.92. The Bertz CT molecular complexity index is 316. The van der Waals surface area contributed by atoms with Crippen molar-refractivity contribution >= 4 is 17.8 Å². The van der Waals surface area contributed by atoms with E-state index in [1.807, 2.05) is 6.92 Å². The minimum absolute atomic E-state index is 0.0374. The van der Waals surface area contributed by atoms with Gasteiger partial charge in [-0.3, -0.25) is 14.4 Å². The molecule has 1 aliphatic heterocycles. The molecule has 16 heavy (non-hydrogen) atoms. The van der Waals surface area contributed by atoms with Crippen molar-refractivity contribution in [3.05, 3.63) is 0 Å². The van der Waals surface area contributed by atoms with Crippen LogP contribution < -0.4 is 0 Å². The van der Waals surface area contributed by atoms with Gasteiger partial charge in [0.25, 0.3) is 0 Å². The zero-order chi connectivity index (χ0) is 12.3. The first-order valence-corrected chi connectivity index (χ1v) is 5.20. The molecule has 0 saturated carbocycles. The van der Waals surface area contributed by atoms with E-state index in [0.29, 0.717) is 13.1 Å². The van der Waals surface area contributed by atoms with Crippen LogP contribution in [-0.2, 0) is 14.4 Å². The molecule has 0 aromatic carbocycles. The maximum Gasteiger partial charge on any atom is 0.323 e. The zero-order valence-electron chi connectivity index (χ0n) is 9.47. The standard InChI is InChI=1S/C10H16N2O4/c1-3-12-5-7(4-8(12)13)10(16)11(2)6-9(14)15/h7H,3-6H2,1-2H3,(H,14,15). The number of carbonyl (C=O) groups excluding carboxylic acids is 2. The van der Waals surface area contributed by atoms with Gasteiger partial charge in [-0.1, -0.05) is 0 Å². The molecule has 0 bridgehead atoms. The van der Waals surface area contributed by atoms with Crippen LogP contribution in [0.4, 0.5) is 0 Å². The van der Waals surface area contributed by atoms with Crippen LogP contribution in [0.5, 0.6) is 0 Å². The number of nitrogens with zero attached hydrogens (tertiary/aromatic N) is 2. The van der Waals surface area contributed by atoms with E-state index in [4.69, 9.17) is 5.11 Å². The Hall–Kier alpha value is -1.59. The third-order valence-corrected chi connectivity index (χ3v) is 2.69. The maximum absolute atomic E-state index is 11.8. The lowest BCUT2D eigenvalue weighted by molar-refractivity contribution is -0.145. The molecular weight excluding hydrogens is 212 g/mol. The van der Waals surface area contributed by atoms with Gasteiger partial charge in [0.15, 0.2) is 0 Å². The molecule has 1 saturated heterocycles. The molecule has 1 atom stereocenters. The van der Waals surface area contributed by atoms with Crippen LogP contribution in [0.2, 0.25) is 0 Å². The molecular formula is C10H16N2O4. The molecule has 2 amide bonds. The number of carboxylic acid groups (broad SMARTS) is 1. The van der Waals surface area contributed by atoms with E-state index < -0.39 is 11.9 Å². The molecule has 0 spiro atoms. The third-order valence-electron chi connectivity index (χ3n) is 2.69. The van der Waals surface area contributed by atoms with E-state index >= 15 is 0 Å². The molecule has 0 aromatic rings. The van der Waals surface area contributed by atoms with Crippen molar-refractivity contribution in [3.8, 4) is 0 Å². The highest BCUT2D eigenvalue weighted by molar-refractivity contribution is 5.90. The summed E-state index contributed by atoms with van der Waals surface area (Å²) >= 11 is 0. The Balaban J connectivity index is 2.56. The van der Waals surface area contributed by atoms with E-state index in [2.05, 4.69) is 0 Å². The summed E-state index contributed by atoms with van der Waals surface area (Å²) in [5.41, 5.74) is 0. The van der Waals surface area contributed by atoms with Crippen LogP contribution >= 0.6 is 0 Å². The Morgan fingerprint density at radius 1 is 1.56 bits per heavy atom. The molecule has 1 N–H and O–H groups in total. The summed E-state index contributed by atoms with van der Waals surface area (Å²) in [7, 11) is 1.44. The van der Waals surface area contributed by atoms with Gasteiger partial charge < -0.3 is 14.9 Å². The van der Waals surface area contributed by atoms with Crippen LogP contribution in [0, 0.1) is 5.92 Å². The summed E-state index contributed by atoms with van der Waals surface area (Å²) in [4.78, 5) is 36.4. The SMILES string of the molecule is CCN1CC(C(=O)N(C)CC(=O)O)CC1=O. The molecule has 6 nitrogen and oxygen atoms in total. The van der Waals surface area contributed by atoms with Gasteiger partial charge in [-0.2, -0.15) is 0 Å². The number of rotatable bonds is 4. The zero-order valence-corrected chi connectivity index (χ0v) is 9.47. The summed E-state index contributed by atoms with van der Waals surface area (Å²) in [5.74, 6) is -1.75. The van der Waals surface area contributed by atoms with Crippen LogP contribution in [0.15, 0.2) is 0 Å². The van der Waals surface area contributed by atoms with Crippen LogP contribution in [0.25, 0.3) is 0 Å². The van der Waals surface area contributed by atoms with Crippen molar-refractivity contribution in [1.29, 1.82) is 0 Å². The van der Waals surface area contributed by atoms with Crippen LogP contribution in [-0.4, -0.2) is 59.4 Å². The van der Waals surface area contributed by atoms with Gasteiger partial charge in [-0.25, -0.2) is 0 Å². The molecule has 0 aliphatic carbocycles. The molecule has 1 rings (SSSR count). The largest absolute Gasteiger partial charge is 0.480 e. The van der Waals surface area contributed by atoms with Crippen LogP contribution in [0.1, 0.15) is 13.3 Å². The summed E-state index contributed by atoms with van der Waals surface area (Å²) in [6, 6.07) is 0. The molecule has 90 valence electrons. The number of carboxylic acids is 1. The van der Waals surface area contributed by atoms with Gasteiger partial charge in [-0.15, -0.1) is 0 Å². The number of likely N-dealkylation sites (tertiary alicyclic amines) is 1. The Morgan fingerprint density at radius 3 is 2.62 bits per heavy atom. The van der Waals surface area contributed by atoms with Crippen molar-refractivity contribution in [3.63, 3.8) is 0 Å². The second-order valence-electron chi connectivity index (χ2n) is 3.92. The van der Waals surface area contributed by atoms with Gasteiger partial charge in [0.1, 0.15) is 6.54 Å². The lowest BCUT2D eigenvalue weighted by atomic mass is 10.1. The fourth-order valence-electron chi connectivity index (χ4n) is 1.84. The van der Waals surface area contributed by atoms with E-state index in [-0.39, 0.29) is 24.8 Å². The second kappa shape index (κ2) is 4.96. The molecule has 1 unspecified atom stereocenters. The van der Waals surface area contributed by atoms with Crippen molar-refractivity contribution < 1.29 is 19.5 Å². The highest BCUT2D eigenvalue weighted by atomic mass is 16.4. The van der Waals surface area contributed by atoms with E-state index in [9.17, 15) is 14.4 Å². The molecule has 0 aromatic heterocycles. The predicted molar refractivity (Wildman–Crippen MR) is 55.6 cm³/mol. The molecule has 1 fully saturated rings. The van der Waals surface area contributed by atoms with Crippen molar-refractivity contribution in [2.24, 2.45) is 5.92 Å². The van der Waals surface area contributed by atoms with Gasteiger partial charge in [0.05, 0.1) is 5.92 Å². The summed E-state index contributed by atoms with van der Waals surface area (Å²) in [6.45, 7) is 2.52. The van der Waals surface area contributed by atoms with Crippen molar-refractivity contribution in [2.75, 3.05) is 26.7 Å². The predicted octanol–water partition coefficient (Wildman–Crippen LogP) is -0.602. The van der Waals surface area contributed by atoms with E-state index in [1.165, 1.54) is 7.05 Å². The van der Waals surface area contributed by atoms with Gasteiger partial charge in [0.2, 0.25) is 11.8 Å². The quantitative estimate of drug-likeness (QED) is 0.696. The molecule has 1 heterocycles. The third kappa shape index (κ3) is 2.71. The fraction of sp³-hybridized carbons (Fsp3) is 0.700. The first-order valence-electron chi connectivity index (χ1n) is 5.20. The first kappa shape index (κ1) is 12.5. The van der Waals surface area contributed by atoms with Gasteiger partial charge in [0, 0.05) is 26.6 Å². The number of carbonyl (C=O) groups is 3. The Morgan fingerprint density at radius 2 is 2.19 bits per heavy atom. The smallest absolute Gasteiger partial charge is 0.323 e. The van der Waals surface area contributed by atoms with Crippen molar-refractivity contribution in [2.45, 2.75) is 13.3 Å². The maximum atomic E-state index is 11.8. The number of amides is 2. The molecule has 0 radical (unpaired) electrons. The fourth-order valence-corrected chi connectivity index (χ4v) is 1.84. The lowest BCUT2D eigenvalue weighted by Crippen LogP contribution is -2.37. The van der Waals surface area contributed by atoms with E-state index in [0.717, 1.165) is 4.90 Å². The number of hydrogen-bond donors (Lipinski definition) is 1. The number of likely N-dealkylation sites (N-methyl/N-ethyl adjacent to an activating group) is 1. The first-order chi connectivity index (χ1) is 7.45.